The van der Waals surface area contributed by atoms with Crippen LogP contribution >= 0.6 is 0 Å². The molecule has 2 rings (SSSR count). The van der Waals surface area contributed by atoms with Gasteiger partial charge in [0.2, 0.25) is 5.91 Å². The molecular formula is C7H9NO2. The first-order valence-electron chi connectivity index (χ1n) is 3.50. The van der Waals surface area contributed by atoms with Crippen LogP contribution in [0.2, 0.25) is 0 Å². The van der Waals surface area contributed by atoms with Crippen molar-refractivity contribution in [3.8, 4) is 0 Å². The standard InChI is InChI=1S/C7H9NO2/c9-6-3-1-2-5-4-7(10)8(5)6/h3,5,9H,1-2,4H2. The van der Waals surface area contributed by atoms with E-state index in [1.807, 2.05) is 0 Å². The molecule has 3 nitrogen and oxygen atoms in total. The van der Waals surface area contributed by atoms with Crippen LogP contribution in [0.4, 0.5) is 0 Å². The van der Waals surface area contributed by atoms with E-state index in [-0.39, 0.29) is 11.8 Å². The number of amides is 1. The zero-order chi connectivity index (χ0) is 7.14. The van der Waals surface area contributed by atoms with Crippen molar-refractivity contribution in [1.82, 2.24) is 4.90 Å². The number of allylic oxidation sites excluding steroid dienone is 1. The average Bonchev–Trinajstić information content (AvgIpc) is 1.85. The van der Waals surface area contributed by atoms with Gasteiger partial charge in [-0.25, -0.2) is 0 Å². The largest absolute Gasteiger partial charge is 0.495 e. The second-order valence-corrected chi connectivity index (χ2v) is 2.76. The lowest BCUT2D eigenvalue weighted by Gasteiger charge is -2.41. The third kappa shape index (κ3) is 0.574. The first-order valence-corrected chi connectivity index (χ1v) is 3.50. The number of β-lactam (4-membered cyclic amide) rings is 1. The molecule has 54 valence electrons. The van der Waals surface area contributed by atoms with Crippen LogP contribution in [0.1, 0.15) is 19.3 Å². The summed E-state index contributed by atoms with van der Waals surface area (Å²) in [5.41, 5.74) is 0. The summed E-state index contributed by atoms with van der Waals surface area (Å²) >= 11 is 0. The fourth-order valence-corrected chi connectivity index (χ4v) is 1.53. The number of hydrogen-bond acceptors (Lipinski definition) is 2. The molecule has 2 aliphatic heterocycles. The Bertz CT molecular complexity index is 210. The Morgan fingerprint density at radius 1 is 1.70 bits per heavy atom. The molecule has 1 amide bonds. The van der Waals surface area contributed by atoms with E-state index in [4.69, 9.17) is 5.11 Å². The summed E-state index contributed by atoms with van der Waals surface area (Å²) < 4.78 is 0. The summed E-state index contributed by atoms with van der Waals surface area (Å²) in [6.45, 7) is 0. The minimum atomic E-state index is 0.0541. The van der Waals surface area contributed by atoms with E-state index in [0.29, 0.717) is 12.5 Å². The molecule has 3 heteroatoms. The first-order chi connectivity index (χ1) is 4.79. The summed E-state index contributed by atoms with van der Waals surface area (Å²) in [5, 5.41) is 9.14. The number of carbonyl (C=O) groups excluding carboxylic acids is 1. The number of carbonyl (C=O) groups is 1. The van der Waals surface area contributed by atoms with E-state index < -0.39 is 0 Å². The van der Waals surface area contributed by atoms with E-state index in [9.17, 15) is 4.79 Å². The fraction of sp³-hybridized carbons (Fsp3) is 0.571. The van der Waals surface area contributed by atoms with Crippen molar-refractivity contribution in [3.05, 3.63) is 12.0 Å². The van der Waals surface area contributed by atoms with Gasteiger partial charge in [0.15, 0.2) is 5.88 Å². The Morgan fingerprint density at radius 2 is 2.50 bits per heavy atom. The van der Waals surface area contributed by atoms with Crippen molar-refractivity contribution in [2.45, 2.75) is 25.3 Å². The molecule has 1 fully saturated rings. The Balaban J connectivity index is 2.22. The Hall–Kier alpha value is -0.990. The number of hydrogen-bond donors (Lipinski definition) is 1. The number of nitrogens with zero attached hydrogens (tertiary/aromatic N) is 1. The number of aliphatic hydroxyl groups is 1. The Labute approximate surface area is 58.9 Å². The van der Waals surface area contributed by atoms with E-state index in [1.165, 1.54) is 4.90 Å². The minimum absolute atomic E-state index is 0.0541. The molecule has 0 bridgehead atoms. The second kappa shape index (κ2) is 1.75. The third-order valence-electron chi connectivity index (χ3n) is 2.12. The van der Waals surface area contributed by atoms with Gasteiger partial charge in [-0.3, -0.25) is 9.69 Å². The predicted molar refractivity (Wildman–Crippen MR) is 35.2 cm³/mol. The Kier molecular flexibility index (Phi) is 1.01. The lowest BCUT2D eigenvalue weighted by molar-refractivity contribution is -0.146. The molecule has 2 heterocycles. The normalized spacial score (nSPS) is 30.8. The number of fused-ring (bicyclic) bond motifs is 1. The highest BCUT2D eigenvalue weighted by molar-refractivity contribution is 5.84. The Morgan fingerprint density at radius 3 is 3.00 bits per heavy atom. The minimum Gasteiger partial charge on any atom is -0.495 e. The van der Waals surface area contributed by atoms with Crippen molar-refractivity contribution in [2.75, 3.05) is 0 Å². The SMILES string of the molecule is O=C1CC2CCC=C(O)N12. The van der Waals surface area contributed by atoms with Crippen LogP contribution in [0.5, 0.6) is 0 Å². The second-order valence-electron chi connectivity index (χ2n) is 2.76. The van der Waals surface area contributed by atoms with Gasteiger partial charge in [0.25, 0.3) is 0 Å². The molecule has 1 saturated heterocycles. The molecule has 2 aliphatic rings. The summed E-state index contributed by atoms with van der Waals surface area (Å²) in [5.74, 6) is 0.214. The molecule has 0 spiro atoms. The summed E-state index contributed by atoms with van der Waals surface area (Å²) in [4.78, 5) is 12.3. The van der Waals surface area contributed by atoms with Gasteiger partial charge < -0.3 is 5.11 Å². The van der Waals surface area contributed by atoms with Crippen molar-refractivity contribution in [2.24, 2.45) is 0 Å². The molecule has 1 unspecified atom stereocenters. The molecule has 0 aromatic rings. The van der Waals surface area contributed by atoms with Gasteiger partial charge in [0, 0.05) is 12.5 Å². The molecule has 0 radical (unpaired) electrons. The van der Waals surface area contributed by atoms with Crippen molar-refractivity contribution >= 4 is 5.91 Å². The molecule has 10 heavy (non-hydrogen) atoms. The van der Waals surface area contributed by atoms with Crippen LogP contribution in [0.25, 0.3) is 0 Å². The highest BCUT2D eigenvalue weighted by Crippen LogP contribution is 2.30. The lowest BCUT2D eigenvalue weighted by atomic mass is 9.94. The molecule has 1 atom stereocenters. The third-order valence-corrected chi connectivity index (χ3v) is 2.12. The predicted octanol–water partition coefficient (Wildman–Crippen LogP) is 0.780. The quantitative estimate of drug-likeness (QED) is 0.504. The fourth-order valence-electron chi connectivity index (χ4n) is 1.53. The molecule has 1 N–H and O–H groups in total. The number of aliphatic hydroxyl groups excluding tert-OH is 1. The number of rotatable bonds is 0. The lowest BCUT2D eigenvalue weighted by Crippen LogP contribution is -2.52. The smallest absolute Gasteiger partial charge is 0.231 e. The highest BCUT2D eigenvalue weighted by Gasteiger charge is 2.39. The van der Waals surface area contributed by atoms with Gasteiger partial charge >= 0.3 is 0 Å². The van der Waals surface area contributed by atoms with E-state index in [0.717, 1.165) is 12.8 Å². The van der Waals surface area contributed by atoms with Gasteiger partial charge in [-0.1, -0.05) is 0 Å². The van der Waals surface area contributed by atoms with Crippen LogP contribution < -0.4 is 0 Å². The maximum atomic E-state index is 10.8. The first kappa shape index (κ1) is 5.77. The zero-order valence-corrected chi connectivity index (χ0v) is 5.58. The van der Waals surface area contributed by atoms with Crippen LogP contribution in [-0.4, -0.2) is 22.0 Å². The molecular weight excluding hydrogens is 130 g/mol. The molecule has 0 saturated carbocycles. The topological polar surface area (TPSA) is 40.5 Å². The summed E-state index contributed by atoms with van der Waals surface area (Å²) in [6, 6.07) is 0.303. The van der Waals surface area contributed by atoms with E-state index in [2.05, 4.69) is 0 Å². The van der Waals surface area contributed by atoms with Gasteiger partial charge in [0.05, 0.1) is 0 Å². The van der Waals surface area contributed by atoms with E-state index in [1.54, 1.807) is 6.08 Å². The van der Waals surface area contributed by atoms with Crippen LogP contribution in [0, 0.1) is 0 Å². The van der Waals surface area contributed by atoms with Crippen molar-refractivity contribution < 1.29 is 9.90 Å². The highest BCUT2D eigenvalue weighted by atomic mass is 16.3. The van der Waals surface area contributed by atoms with Crippen LogP contribution in [0.15, 0.2) is 12.0 Å². The van der Waals surface area contributed by atoms with Crippen molar-refractivity contribution in [3.63, 3.8) is 0 Å². The van der Waals surface area contributed by atoms with Crippen LogP contribution in [0.3, 0.4) is 0 Å². The molecule has 0 aromatic heterocycles. The molecule has 0 aliphatic carbocycles. The molecule has 0 aromatic carbocycles. The van der Waals surface area contributed by atoms with Crippen molar-refractivity contribution in [1.29, 1.82) is 0 Å². The average molecular weight is 139 g/mol. The van der Waals surface area contributed by atoms with Gasteiger partial charge in [-0.15, -0.1) is 0 Å². The van der Waals surface area contributed by atoms with Gasteiger partial charge in [0.1, 0.15) is 0 Å². The maximum absolute atomic E-state index is 10.8. The summed E-state index contributed by atoms with van der Waals surface area (Å²) in [7, 11) is 0. The maximum Gasteiger partial charge on any atom is 0.231 e. The monoisotopic (exact) mass is 139 g/mol. The zero-order valence-electron chi connectivity index (χ0n) is 5.58. The summed E-state index contributed by atoms with van der Waals surface area (Å²) in [6.07, 6.45) is 4.24. The van der Waals surface area contributed by atoms with E-state index >= 15 is 0 Å². The van der Waals surface area contributed by atoms with Crippen LogP contribution in [-0.2, 0) is 4.79 Å². The van der Waals surface area contributed by atoms with Gasteiger partial charge in [-0.2, -0.15) is 0 Å². The van der Waals surface area contributed by atoms with Gasteiger partial charge in [-0.05, 0) is 18.9 Å².